The first-order valence-corrected chi connectivity index (χ1v) is 8.61. The Labute approximate surface area is 149 Å². The SMILES string of the molecule is NC1C[C@H]2CC[C@@H](C1)N2Cc1ccc2[nH]ccc2c1.O=C(O)C(F)(F)F. The van der Waals surface area contributed by atoms with Crippen molar-refractivity contribution >= 4 is 16.9 Å². The number of benzene rings is 1. The molecule has 1 unspecified atom stereocenters. The molecule has 142 valence electrons. The van der Waals surface area contributed by atoms with E-state index < -0.39 is 12.1 Å². The van der Waals surface area contributed by atoms with Gasteiger partial charge >= 0.3 is 12.1 Å². The second-order valence-corrected chi connectivity index (χ2v) is 6.99. The fraction of sp³-hybridized carbons (Fsp3) is 0.500. The molecule has 2 aliphatic heterocycles. The first kappa shape index (κ1) is 18.7. The van der Waals surface area contributed by atoms with Crippen molar-refractivity contribution in [2.75, 3.05) is 0 Å². The number of hydrogen-bond donors (Lipinski definition) is 3. The third kappa shape index (κ3) is 4.19. The Balaban J connectivity index is 0.000000242. The van der Waals surface area contributed by atoms with Crippen molar-refractivity contribution in [1.82, 2.24) is 9.88 Å². The molecule has 1 aromatic heterocycles. The highest BCUT2D eigenvalue weighted by Crippen LogP contribution is 2.36. The lowest BCUT2D eigenvalue weighted by molar-refractivity contribution is -0.192. The van der Waals surface area contributed by atoms with Crippen LogP contribution in [0.15, 0.2) is 30.5 Å². The standard InChI is InChI=1S/C16H21N3.C2HF3O2/c17-13-8-14-2-3-15(9-13)19(14)10-11-1-4-16-12(7-11)5-6-18-16;3-2(4,5)1(6)7/h1,4-7,13-15,18H,2-3,8-10,17H2;(H,6,7)/t13?,14-,15+;. The smallest absolute Gasteiger partial charge is 0.475 e. The van der Waals surface area contributed by atoms with Gasteiger partial charge in [0.25, 0.3) is 0 Å². The summed E-state index contributed by atoms with van der Waals surface area (Å²) in [4.78, 5) is 14.8. The summed E-state index contributed by atoms with van der Waals surface area (Å²) in [7, 11) is 0. The number of alkyl halides is 3. The normalized spacial score (nSPS) is 25.8. The Morgan fingerprint density at radius 3 is 2.42 bits per heavy atom. The van der Waals surface area contributed by atoms with Gasteiger partial charge in [-0.15, -0.1) is 0 Å². The zero-order valence-electron chi connectivity index (χ0n) is 14.2. The van der Waals surface area contributed by atoms with E-state index in [-0.39, 0.29) is 0 Å². The number of hydrogen-bond acceptors (Lipinski definition) is 3. The number of H-pyrrole nitrogens is 1. The Morgan fingerprint density at radius 1 is 1.23 bits per heavy atom. The van der Waals surface area contributed by atoms with Gasteiger partial charge in [0.1, 0.15) is 0 Å². The van der Waals surface area contributed by atoms with Gasteiger partial charge in [-0.2, -0.15) is 13.2 Å². The maximum absolute atomic E-state index is 10.6. The molecule has 3 atom stereocenters. The van der Waals surface area contributed by atoms with Crippen LogP contribution in [0.5, 0.6) is 0 Å². The summed E-state index contributed by atoms with van der Waals surface area (Å²) in [5, 5.41) is 8.44. The van der Waals surface area contributed by atoms with Crippen molar-refractivity contribution in [3.8, 4) is 0 Å². The van der Waals surface area contributed by atoms with E-state index in [2.05, 4.69) is 34.1 Å². The lowest BCUT2D eigenvalue weighted by Crippen LogP contribution is -2.46. The van der Waals surface area contributed by atoms with Crippen LogP contribution in [0.2, 0.25) is 0 Å². The number of nitrogens with zero attached hydrogens (tertiary/aromatic N) is 1. The molecule has 2 fully saturated rings. The molecule has 2 bridgehead atoms. The molecule has 0 spiro atoms. The molecule has 26 heavy (non-hydrogen) atoms. The van der Waals surface area contributed by atoms with Crippen molar-refractivity contribution in [2.45, 2.75) is 56.5 Å². The van der Waals surface area contributed by atoms with Gasteiger partial charge in [-0.25, -0.2) is 4.79 Å². The molecule has 3 heterocycles. The summed E-state index contributed by atoms with van der Waals surface area (Å²) in [5.74, 6) is -2.76. The highest BCUT2D eigenvalue weighted by Gasteiger charge is 2.39. The highest BCUT2D eigenvalue weighted by molar-refractivity contribution is 5.79. The number of nitrogens with two attached hydrogens (primary N) is 1. The van der Waals surface area contributed by atoms with E-state index in [1.807, 2.05) is 6.20 Å². The molecular formula is C18H22F3N3O2. The van der Waals surface area contributed by atoms with Crippen LogP contribution in [0.25, 0.3) is 10.9 Å². The van der Waals surface area contributed by atoms with Gasteiger partial charge in [0.15, 0.2) is 0 Å². The van der Waals surface area contributed by atoms with Crippen LogP contribution in [0.3, 0.4) is 0 Å². The second kappa shape index (κ2) is 7.28. The van der Waals surface area contributed by atoms with E-state index >= 15 is 0 Å². The minimum absolute atomic E-state index is 0.431. The quantitative estimate of drug-likeness (QED) is 0.759. The Kier molecular flexibility index (Phi) is 5.24. The van der Waals surface area contributed by atoms with E-state index in [0.717, 1.165) is 18.6 Å². The minimum Gasteiger partial charge on any atom is -0.475 e. The van der Waals surface area contributed by atoms with E-state index in [1.54, 1.807) is 0 Å². The number of halogens is 3. The third-order valence-electron chi connectivity index (χ3n) is 5.15. The van der Waals surface area contributed by atoms with Crippen LogP contribution in [-0.4, -0.2) is 45.3 Å². The van der Waals surface area contributed by atoms with Gasteiger partial charge in [-0.1, -0.05) is 6.07 Å². The number of carboxylic acid groups (broad SMARTS) is 1. The fourth-order valence-electron chi connectivity index (χ4n) is 3.99. The summed E-state index contributed by atoms with van der Waals surface area (Å²) in [5.41, 5.74) is 8.80. The molecule has 1 aromatic carbocycles. The number of fused-ring (bicyclic) bond motifs is 3. The molecule has 8 heteroatoms. The molecular weight excluding hydrogens is 347 g/mol. The van der Waals surface area contributed by atoms with Crippen molar-refractivity contribution in [3.63, 3.8) is 0 Å². The van der Waals surface area contributed by atoms with Crippen LogP contribution >= 0.6 is 0 Å². The third-order valence-corrected chi connectivity index (χ3v) is 5.15. The Bertz CT molecular complexity index is 760. The summed E-state index contributed by atoms with van der Waals surface area (Å²) in [6.07, 6.45) is 1.97. The van der Waals surface area contributed by atoms with E-state index in [1.165, 1.54) is 42.1 Å². The first-order chi connectivity index (χ1) is 12.2. The minimum atomic E-state index is -5.08. The monoisotopic (exact) mass is 369 g/mol. The number of aromatic amines is 1. The first-order valence-electron chi connectivity index (χ1n) is 8.61. The van der Waals surface area contributed by atoms with Gasteiger partial charge in [0.2, 0.25) is 0 Å². The molecule has 0 radical (unpaired) electrons. The highest BCUT2D eigenvalue weighted by atomic mass is 19.4. The molecule has 4 rings (SSSR count). The predicted octanol–water partition coefficient (Wildman–Crippen LogP) is 3.26. The van der Waals surface area contributed by atoms with Crippen LogP contribution in [0, 0.1) is 0 Å². The second-order valence-electron chi connectivity index (χ2n) is 6.99. The van der Waals surface area contributed by atoms with Crippen LogP contribution < -0.4 is 5.73 Å². The van der Waals surface area contributed by atoms with Gasteiger partial charge in [0.05, 0.1) is 0 Å². The Hall–Kier alpha value is -2.06. The topological polar surface area (TPSA) is 82.3 Å². The van der Waals surface area contributed by atoms with Crippen LogP contribution in [-0.2, 0) is 11.3 Å². The van der Waals surface area contributed by atoms with E-state index in [0.29, 0.717) is 6.04 Å². The average Bonchev–Trinajstić information content (AvgIpc) is 3.10. The van der Waals surface area contributed by atoms with E-state index in [9.17, 15) is 13.2 Å². The number of carboxylic acids is 1. The number of carbonyl (C=O) groups is 1. The van der Waals surface area contributed by atoms with Crippen LogP contribution in [0.1, 0.15) is 31.2 Å². The molecule has 2 aliphatic rings. The molecule has 0 aliphatic carbocycles. The predicted molar refractivity (Wildman–Crippen MR) is 91.6 cm³/mol. The molecule has 5 nitrogen and oxygen atoms in total. The lowest BCUT2D eigenvalue weighted by atomic mass is 9.97. The number of piperidine rings is 1. The number of rotatable bonds is 2. The van der Waals surface area contributed by atoms with Gasteiger partial charge in [-0.3, -0.25) is 4.90 Å². The molecule has 0 saturated carbocycles. The lowest BCUT2D eigenvalue weighted by Gasteiger charge is -2.37. The summed E-state index contributed by atoms with van der Waals surface area (Å²) < 4.78 is 31.7. The molecule has 4 N–H and O–H groups in total. The molecule has 2 saturated heterocycles. The number of nitrogens with one attached hydrogen (secondary N) is 1. The average molecular weight is 369 g/mol. The zero-order chi connectivity index (χ0) is 18.9. The van der Waals surface area contributed by atoms with Crippen molar-refractivity contribution in [2.24, 2.45) is 5.73 Å². The van der Waals surface area contributed by atoms with Crippen molar-refractivity contribution in [3.05, 3.63) is 36.0 Å². The van der Waals surface area contributed by atoms with Gasteiger partial charge < -0.3 is 15.8 Å². The number of aromatic nitrogens is 1. The Morgan fingerprint density at radius 2 is 1.85 bits per heavy atom. The summed E-state index contributed by atoms with van der Waals surface area (Å²) >= 11 is 0. The van der Waals surface area contributed by atoms with Gasteiger partial charge in [-0.05, 0) is 54.8 Å². The maximum atomic E-state index is 10.6. The summed E-state index contributed by atoms with van der Waals surface area (Å²) in [6.45, 7) is 1.09. The largest absolute Gasteiger partial charge is 0.490 e. The zero-order valence-corrected chi connectivity index (χ0v) is 14.2. The molecule has 2 aromatic rings. The summed E-state index contributed by atoms with van der Waals surface area (Å²) in [6, 6.07) is 10.8. The van der Waals surface area contributed by atoms with Crippen molar-refractivity contribution in [1.29, 1.82) is 0 Å². The van der Waals surface area contributed by atoms with E-state index in [4.69, 9.17) is 15.6 Å². The van der Waals surface area contributed by atoms with Gasteiger partial charge in [0, 0.05) is 36.4 Å². The fourth-order valence-corrected chi connectivity index (χ4v) is 3.99. The maximum Gasteiger partial charge on any atom is 0.490 e. The van der Waals surface area contributed by atoms with Crippen molar-refractivity contribution < 1.29 is 23.1 Å². The van der Waals surface area contributed by atoms with Crippen LogP contribution in [0.4, 0.5) is 13.2 Å². The number of aliphatic carboxylic acids is 1. The molecule has 0 amide bonds.